The number of carboxylic acids is 1. The van der Waals surface area contributed by atoms with E-state index in [1.807, 2.05) is 0 Å². The Morgan fingerprint density at radius 3 is 2.63 bits per heavy atom. The second-order valence-electron chi connectivity index (χ2n) is 4.73. The summed E-state index contributed by atoms with van der Waals surface area (Å²) in [5, 5.41) is 19.0. The fraction of sp³-hybridized carbons (Fsp3) is 0.667. The molecule has 1 aromatic heterocycles. The standard InChI is InChI=1S/C12H20N4O3/c1-4-9-11(12(18)19)14-15-16(9)7-10(17)13-6-5-8(2)3/h8H,4-7H2,1-3H3,(H,13,17)(H,18,19). The molecule has 1 amide bonds. The van der Waals surface area contributed by atoms with E-state index in [1.54, 1.807) is 6.92 Å². The summed E-state index contributed by atoms with van der Waals surface area (Å²) in [6.07, 6.45) is 1.37. The van der Waals surface area contributed by atoms with Crippen molar-refractivity contribution in [2.45, 2.75) is 40.2 Å². The molecule has 1 heterocycles. The normalized spacial score (nSPS) is 10.7. The van der Waals surface area contributed by atoms with Gasteiger partial charge < -0.3 is 10.4 Å². The molecule has 0 bridgehead atoms. The van der Waals surface area contributed by atoms with Crippen molar-refractivity contribution in [3.05, 3.63) is 11.4 Å². The highest BCUT2D eigenvalue weighted by molar-refractivity contribution is 5.86. The van der Waals surface area contributed by atoms with Crippen LogP contribution in [0.2, 0.25) is 0 Å². The Hall–Kier alpha value is -1.92. The van der Waals surface area contributed by atoms with Crippen molar-refractivity contribution in [1.29, 1.82) is 0 Å². The Bertz CT molecular complexity index is 454. The Morgan fingerprint density at radius 1 is 1.42 bits per heavy atom. The molecule has 7 heteroatoms. The summed E-state index contributed by atoms with van der Waals surface area (Å²) < 4.78 is 1.34. The van der Waals surface area contributed by atoms with Crippen LogP contribution in [0.4, 0.5) is 0 Å². The second kappa shape index (κ2) is 6.86. The summed E-state index contributed by atoms with van der Waals surface area (Å²) in [7, 11) is 0. The molecule has 0 radical (unpaired) electrons. The summed E-state index contributed by atoms with van der Waals surface area (Å²) in [4.78, 5) is 22.6. The van der Waals surface area contributed by atoms with Crippen LogP contribution in [0.3, 0.4) is 0 Å². The number of hydrogen-bond donors (Lipinski definition) is 2. The van der Waals surface area contributed by atoms with Gasteiger partial charge >= 0.3 is 5.97 Å². The van der Waals surface area contributed by atoms with E-state index in [0.29, 0.717) is 24.6 Å². The van der Waals surface area contributed by atoms with Crippen molar-refractivity contribution in [2.75, 3.05) is 6.54 Å². The summed E-state index contributed by atoms with van der Waals surface area (Å²) in [6, 6.07) is 0. The lowest BCUT2D eigenvalue weighted by Crippen LogP contribution is -2.30. The lowest BCUT2D eigenvalue weighted by molar-refractivity contribution is -0.121. The Balaban J connectivity index is 2.62. The molecule has 0 aliphatic carbocycles. The molecule has 0 aliphatic rings. The third-order valence-electron chi connectivity index (χ3n) is 2.71. The molecule has 0 aliphatic heterocycles. The Kier molecular flexibility index (Phi) is 5.47. The fourth-order valence-electron chi connectivity index (χ4n) is 1.67. The maximum atomic E-state index is 11.7. The van der Waals surface area contributed by atoms with Crippen LogP contribution in [0.15, 0.2) is 0 Å². The first-order chi connectivity index (χ1) is 8.95. The molecule has 2 N–H and O–H groups in total. The first-order valence-corrected chi connectivity index (χ1v) is 6.38. The Labute approximate surface area is 112 Å². The quantitative estimate of drug-likeness (QED) is 0.758. The lowest BCUT2D eigenvalue weighted by Gasteiger charge is -2.08. The van der Waals surface area contributed by atoms with E-state index in [4.69, 9.17) is 5.11 Å². The van der Waals surface area contributed by atoms with E-state index >= 15 is 0 Å². The van der Waals surface area contributed by atoms with E-state index < -0.39 is 5.97 Å². The van der Waals surface area contributed by atoms with Crippen LogP contribution in [0.25, 0.3) is 0 Å². The fourth-order valence-corrected chi connectivity index (χ4v) is 1.67. The summed E-state index contributed by atoms with van der Waals surface area (Å²) in [6.45, 7) is 6.58. The average Bonchev–Trinajstić information content (AvgIpc) is 2.71. The van der Waals surface area contributed by atoms with Gasteiger partial charge in [-0.3, -0.25) is 4.79 Å². The van der Waals surface area contributed by atoms with Crippen molar-refractivity contribution in [3.63, 3.8) is 0 Å². The highest BCUT2D eigenvalue weighted by Crippen LogP contribution is 2.06. The zero-order valence-electron chi connectivity index (χ0n) is 11.5. The van der Waals surface area contributed by atoms with Crippen molar-refractivity contribution in [1.82, 2.24) is 20.3 Å². The smallest absolute Gasteiger partial charge is 0.358 e. The van der Waals surface area contributed by atoms with E-state index in [9.17, 15) is 9.59 Å². The minimum atomic E-state index is -1.12. The number of hydrogen-bond acceptors (Lipinski definition) is 4. The van der Waals surface area contributed by atoms with E-state index in [1.165, 1.54) is 4.68 Å². The maximum Gasteiger partial charge on any atom is 0.358 e. The number of nitrogens with one attached hydrogen (secondary N) is 1. The molecule has 19 heavy (non-hydrogen) atoms. The molecular formula is C12H20N4O3. The first kappa shape index (κ1) is 15.1. The SMILES string of the molecule is CCc1c(C(=O)O)nnn1CC(=O)NCCC(C)C. The van der Waals surface area contributed by atoms with Gasteiger partial charge in [-0.05, 0) is 18.8 Å². The van der Waals surface area contributed by atoms with Crippen LogP contribution in [-0.2, 0) is 17.8 Å². The van der Waals surface area contributed by atoms with E-state index in [2.05, 4.69) is 29.5 Å². The van der Waals surface area contributed by atoms with E-state index in [-0.39, 0.29) is 18.1 Å². The number of aromatic nitrogens is 3. The van der Waals surface area contributed by atoms with Crippen LogP contribution in [0.5, 0.6) is 0 Å². The van der Waals surface area contributed by atoms with Gasteiger partial charge in [-0.15, -0.1) is 5.10 Å². The highest BCUT2D eigenvalue weighted by atomic mass is 16.4. The highest BCUT2D eigenvalue weighted by Gasteiger charge is 2.18. The summed E-state index contributed by atoms with van der Waals surface area (Å²) in [5.41, 5.74) is 0.379. The molecule has 1 rings (SSSR count). The van der Waals surface area contributed by atoms with Gasteiger partial charge in [0.15, 0.2) is 5.69 Å². The number of nitrogens with zero attached hydrogens (tertiary/aromatic N) is 3. The molecule has 0 spiro atoms. The monoisotopic (exact) mass is 268 g/mol. The zero-order chi connectivity index (χ0) is 14.4. The average molecular weight is 268 g/mol. The van der Waals surface area contributed by atoms with Gasteiger partial charge in [0.25, 0.3) is 0 Å². The number of aromatic carboxylic acids is 1. The Morgan fingerprint density at radius 2 is 2.11 bits per heavy atom. The van der Waals surface area contributed by atoms with Gasteiger partial charge in [0.2, 0.25) is 5.91 Å². The lowest BCUT2D eigenvalue weighted by atomic mass is 10.1. The van der Waals surface area contributed by atoms with E-state index in [0.717, 1.165) is 6.42 Å². The largest absolute Gasteiger partial charge is 0.476 e. The molecule has 0 atom stereocenters. The van der Waals surface area contributed by atoms with Crippen molar-refractivity contribution in [2.24, 2.45) is 5.92 Å². The number of carbonyl (C=O) groups excluding carboxylic acids is 1. The molecule has 106 valence electrons. The van der Waals surface area contributed by atoms with Gasteiger partial charge in [-0.1, -0.05) is 26.0 Å². The predicted octanol–water partition coefficient (Wildman–Crippen LogP) is 0.701. The van der Waals surface area contributed by atoms with Crippen LogP contribution < -0.4 is 5.32 Å². The third-order valence-corrected chi connectivity index (χ3v) is 2.71. The minimum absolute atomic E-state index is 0.00154. The molecule has 0 saturated heterocycles. The van der Waals surface area contributed by atoms with Crippen LogP contribution in [0, 0.1) is 5.92 Å². The molecular weight excluding hydrogens is 248 g/mol. The predicted molar refractivity (Wildman–Crippen MR) is 68.8 cm³/mol. The minimum Gasteiger partial charge on any atom is -0.476 e. The van der Waals surface area contributed by atoms with Gasteiger partial charge in [-0.25, -0.2) is 9.48 Å². The van der Waals surface area contributed by atoms with Gasteiger partial charge in [0.1, 0.15) is 6.54 Å². The molecule has 0 fully saturated rings. The molecule has 1 aromatic rings. The van der Waals surface area contributed by atoms with Crippen LogP contribution >= 0.6 is 0 Å². The number of carboxylic acid groups (broad SMARTS) is 1. The maximum absolute atomic E-state index is 11.7. The molecule has 0 aromatic carbocycles. The number of carbonyl (C=O) groups is 2. The van der Waals surface area contributed by atoms with Gasteiger partial charge in [0, 0.05) is 6.54 Å². The van der Waals surface area contributed by atoms with Gasteiger partial charge in [-0.2, -0.15) is 0 Å². The van der Waals surface area contributed by atoms with Crippen LogP contribution in [-0.4, -0.2) is 38.5 Å². The zero-order valence-corrected chi connectivity index (χ0v) is 11.5. The third kappa shape index (κ3) is 4.35. The number of amides is 1. The number of rotatable bonds is 7. The first-order valence-electron chi connectivity index (χ1n) is 6.38. The van der Waals surface area contributed by atoms with Gasteiger partial charge in [0.05, 0.1) is 5.69 Å². The topological polar surface area (TPSA) is 97.1 Å². The molecule has 0 unspecified atom stereocenters. The summed E-state index contributed by atoms with van der Waals surface area (Å²) >= 11 is 0. The summed E-state index contributed by atoms with van der Waals surface area (Å²) in [5.74, 6) is -0.781. The van der Waals surface area contributed by atoms with Crippen molar-refractivity contribution in [3.8, 4) is 0 Å². The van der Waals surface area contributed by atoms with Crippen LogP contribution in [0.1, 0.15) is 43.4 Å². The van der Waals surface area contributed by atoms with Crippen molar-refractivity contribution >= 4 is 11.9 Å². The van der Waals surface area contributed by atoms with Crippen molar-refractivity contribution < 1.29 is 14.7 Å². The molecule has 7 nitrogen and oxygen atoms in total. The molecule has 0 saturated carbocycles. The second-order valence-corrected chi connectivity index (χ2v) is 4.73.